The monoisotopic (exact) mass is 367 g/mol. The Morgan fingerprint density at radius 2 is 1.36 bits per heavy atom. The second-order valence-corrected chi connectivity index (χ2v) is 6.81. The smallest absolute Gasteiger partial charge is 0.253 e. The van der Waals surface area contributed by atoms with Crippen LogP contribution in [0.1, 0.15) is 10.4 Å². The molecule has 4 rings (SSSR count). The lowest BCUT2D eigenvalue weighted by atomic mass is 10.1. The normalized spacial score (nSPS) is 10.6. The van der Waals surface area contributed by atoms with E-state index in [1.807, 2.05) is 65.3 Å². The molecule has 0 aliphatic heterocycles. The number of carbonyl (C=O) groups is 1. The lowest BCUT2D eigenvalue weighted by Gasteiger charge is -2.11. The minimum absolute atomic E-state index is 0.0136. The van der Waals surface area contributed by atoms with Gasteiger partial charge in [0.25, 0.3) is 5.91 Å². The van der Waals surface area contributed by atoms with Crippen LogP contribution in [0.25, 0.3) is 28.2 Å². The van der Waals surface area contributed by atoms with E-state index in [1.165, 1.54) is 0 Å². The van der Waals surface area contributed by atoms with Crippen molar-refractivity contribution in [3.8, 4) is 28.2 Å². The maximum Gasteiger partial charge on any atom is 0.253 e. The quantitative estimate of drug-likeness (QED) is 0.514. The lowest BCUT2D eigenvalue weighted by Crippen LogP contribution is -2.21. The first-order valence-corrected chi connectivity index (χ1v) is 9.16. The van der Waals surface area contributed by atoms with E-state index >= 15 is 0 Å². The lowest BCUT2D eigenvalue weighted by molar-refractivity contribution is 0.0827. The Labute approximate surface area is 164 Å². The molecule has 0 unspecified atom stereocenters. The van der Waals surface area contributed by atoms with Crippen LogP contribution in [0.15, 0.2) is 91.0 Å². The fourth-order valence-electron chi connectivity index (χ4n) is 3.15. The Morgan fingerprint density at radius 1 is 0.786 bits per heavy atom. The van der Waals surface area contributed by atoms with E-state index in [0.717, 1.165) is 28.2 Å². The molecular weight excluding hydrogens is 346 g/mol. The molecule has 1 heterocycles. The minimum Gasteiger partial charge on any atom is -0.345 e. The summed E-state index contributed by atoms with van der Waals surface area (Å²) < 4.78 is 1.93. The summed E-state index contributed by atoms with van der Waals surface area (Å²) >= 11 is 0. The standard InChI is InChI=1S/C24H21N3O/c1-26(2)24(28)20-13-15-21(16-14-20)27-23(19-11-7-4-8-12-19)17-22(25-27)18-9-5-3-6-10-18/h3-17H,1-2H3. The number of aromatic nitrogens is 2. The molecule has 0 bridgehead atoms. The first-order chi connectivity index (χ1) is 13.6. The van der Waals surface area contributed by atoms with Gasteiger partial charge in [-0.2, -0.15) is 5.10 Å². The molecule has 0 atom stereocenters. The number of benzene rings is 3. The molecule has 3 aromatic carbocycles. The number of nitrogens with zero attached hydrogens (tertiary/aromatic N) is 3. The average Bonchev–Trinajstić information content (AvgIpc) is 3.20. The van der Waals surface area contributed by atoms with E-state index in [0.29, 0.717) is 5.56 Å². The van der Waals surface area contributed by atoms with E-state index in [-0.39, 0.29) is 5.91 Å². The van der Waals surface area contributed by atoms with E-state index in [4.69, 9.17) is 5.10 Å². The number of hydrogen-bond donors (Lipinski definition) is 0. The van der Waals surface area contributed by atoms with Crippen LogP contribution in [0.5, 0.6) is 0 Å². The van der Waals surface area contributed by atoms with Crippen LogP contribution in [0, 0.1) is 0 Å². The molecule has 28 heavy (non-hydrogen) atoms. The molecule has 1 amide bonds. The molecule has 0 saturated heterocycles. The molecule has 0 aliphatic carbocycles. The van der Waals surface area contributed by atoms with Crippen LogP contribution in [-0.2, 0) is 0 Å². The van der Waals surface area contributed by atoms with Gasteiger partial charge in [-0.3, -0.25) is 4.79 Å². The summed E-state index contributed by atoms with van der Waals surface area (Å²) in [4.78, 5) is 13.7. The summed E-state index contributed by atoms with van der Waals surface area (Å²) in [6, 6.07) is 30.0. The van der Waals surface area contributed by atoms with Gasteiger partial charge in [0.2, 0.25) is 0 Å². The van der Waals surface area contributed by atoms with Crippen LogP contribution in [0.3, 0.4) is 0 Å². The molecule has 4 aromatic rings. The van der Waals surface area contributed by atoms with Gasteiger partial charge in [0.05, 0.1) is 17.1 Å². The third-order valence-corrected chi connectivity index (χ3v) is 4.61. The van der Waals surface area contributed by atoms with Crippen molar-refractivity contribution in [3.63, 3.8) is 0 Å². The van der Waals surface area contributed by atoms with Crippen molar-refractivity contribution < 1.29 is 4.79 Å². The van der Waals surface area contributed by atoms with E-state index in [2.05, 4.69) is 30.3 Å². The minimum atomic E-state index is -0.0136. The zero-order chi connectivity index (χ0) is 19.5. The largest absolute Gasteiger partial charge is 0.345 e. The summed E-state index contributed by atoms with van der Waals surface area (Å²) in [6.45, 7) is 0. The molecule has 4 heteroatoms. The van der Waals surface area contributed by atoms with Crippen LogP contribution >= 0.6 is 0 Å². The van der Waals surface area contributed by atoms with Gasteiger partial charge in [-0.1, -0.05) is 60.7 Å². The van der Waals surface area contributed by atoms with Gasteiger partial charge in [-0.25, -0.2) is 4.68 Å². The fraction of sp³-hybridized carbons (Fsp3) is 0.0833. The fourth-order valence-corrected chi connectivity index (χ4v) is 3.15. The highest BCUT2D eigenvalue weighted by molar-refractivity contribution is 5.94. The second-order valence-electron chi connectivity index (χ2n) is 6.81. The van der Waals surface area contributed by atoms with E-state index < -0.39 is 0 Å². The molecule has 0 spiro atoms. The van der Waals surface area contributed by atoms with E-state index in [1.54, 1.807) is 19.0 Å². The zero-order valence-electron chi connectivity index (χ0n) is 15.9. The molecule has 0 N–H and O–H groups in total. The van der Waals surface area contributed by atoms with Crippen LogP contribution in [-0.4, -0.2) is 34.7 Å². The Balaban J connectivity index is 1.81. The molecule has 1 aromatic heterocycles. The van der Waals surface area contributed by atoms with Crippen LogP contribution in [0.4, 0.5) is 0 Å². The molecule has 0 aliphatic rings. The molecule has 0 saturated carbocycles. The molecule has 138 valence electrons. The van der Waals surface area contributed by atoms with Crippen molar-refractivity contribution in [2.45, 2.75) is 0 Å². The van der Waals surface area contributed by atoms with Gasteiger partial charge < -0.3 is 4.90 Å². The highest BCUT2D eigenvalue weighted by atomic mass is 16.2. The van der Waals surface area contributed by atoms with Crippen molar-refractivity contribution in [2.75, 3.05) is 14.1 Å². The summed E-state index contributed by atoms with van der Waals surface area (Å²) in [5.41, 5.74) is 5.64. The SMILES string of the molecule is CN(C)C(=O)c1ccc(-n2nc(-c3ccccc3)cc2-c2ccccc2)cc1. The summed E-state index contributed by atoms with van der Waals surface area (Å²) in [5, 5.41) is 4.86. The number of amides is 1. The van der Waals surface area contributed by atoms with Gasteiger partial charge in [0, 0.05) is 30.8 Å². The van der Waals surface area contributed by atoms with Crippen LogP contribution in [0.2, 0.25) is 0 Å². The molecule has 0 radical (unpaired) electrons. The van der Waals surface area contributed by atoms with Gasteiger partial charge in [0.15, 0.2) is 0 Å². The Hall–Kier alpha value is -3.66. The third-order valence-electron chi connectivity index (χ3n) is 4.61. The van der Waals surface area contributed by atoms with Crippen molar-refractivity contribution >= 4 is 5.91 Å². The van der Waals surface area contributed by atoms with Gasteiger partial charge >= 0.3 is 0 Å². The topological polar surface area (TPSA) is 38.1 Å². The summed E-state index contributed by atoms with van der Waals surface area (Å²) in [6.07, 6.45) is 0. The number of carbonyl (C=O) groups excluding carboxylic acids is 1. The van der Waals surface area contributed by atoms with Crippen molar-refractivity contribution in [3.05, 3.63) is 96.6 Å². The third kappa shape index (κ3) is 3.45. The number of rotatable bonds is 4. The van der Waals surface area contributed by atoms with Gasteiger partial charge in [0.1, 0.15) is 0 Å². The van der Waals surface area contributed by atoms with Gasteiger partial charge in [-0.15, -0.1) is 0 Å². The first kappa shape index (κ1) is 17.7. The van der Waals surface area contributed by atoms with Crippen LogP contribution < -0.4 is 0 Å². The molecule has 0 fully saturated rings. The van der Waals surface area contributed by atoms with E-state index in [9.17, 15) is 4.79 Å². The molecular formula is C24H21N3O. The predicted octanol–water partition coefficient (Wildman–Crippen LogP) is 4.91. The van der Waals surface area contributed by atoms with Crippen molar-refractivity contribution in [1.29, 1.82) is 0 Å². The summed E-state index contributed by atoms with van der Waals surface area (Å²) in [5.74, 6) is -0.0136. The Morgan fingerprint density at radius 3 is 1.93 bits per heavy atom. The van der Waals surface area contributed by atoms with Gasteiger partial charge in [-0.05, 0) is 30.3 Å². The maximum atomic E-state index is 12.2. The van der Waals surface area contributed by atoms with Crippen molar-refractivity contribution in [2.24, 2.45) is 0 Å². The van der Waals surface area contributed by atoms with Crippen molar-refractivity contribution in [1.82, 2.24) is 14.7 Å². The highest BCUT2D eigenvalue weighted by Gasteiger charge is 2.14. The Bertz CT molecular complexity index is 1080. The molecule has 4 nitrogen and oxygen atoms in total. The summed E-state index contributed by atoms with van der Waals surface area (Å²) in [7, 11) is 3.51. The number of hydrogen-bond acceptors (Lipinski definition) is 2. The predicted molar refractivity (Wildman–Crippen MR) is 112 cm³/mol. The average molecular weight is 367 g/mol. The highest BCUT2D eigenvalue weighted by Crippen LogP contribution is 2.28. The maximum absolute atomic E-state index is 12.2. The second kappa shape index (κ2) is 7.53. The first-order valence-electron chi connectivity index (χ1n) is 9.16. The Kier molecular flexibility index (Phi) is 4.77. The zero-order valence-corrected chi connectivity index (χ0v) is 15.9.